The summed E-state index contributed by atoms with van der Waals surface area (Å²) >= 11 is 0. The highest BCUT2D eigenvalue weighted by Gasteiger charge is 2.28. The maximum Gasteiger partial charge on any atom is 0.257 e. The van der Waals surface area contributed by atoms with Crippen LogP contribution in [0, 0.1) is 17.5 Å². The van der Waals surface area contributed by atoms with Gasteiger partial charge in [-0.15, -0.1) is 0 Å². The zero-order valence-corrected chi connectivity index (χ0v) is 15.4. The summed E-state index contributed by atoms with van der Waals surface area (Å²) in [5.41, 5.74) is 6.97. The fourth-order valence-corrected chi connectivity index (χ4v) is 3.40. The second-order valence-corrected chi connectivity index (χ2v) is 6.88. The zero-order valence-electron chi connectivity index (χ0n) is 15.4. The molecule has 8 heteroatoms. The van der Waals surface area contributed by atoms with Crippen LogP contribution in [0.1, 0.15) is 27.4 Å². The number of amides is 1. The number of rotatable bonds is 4. The van der Waals surface area contributed by atoms with E-state index in [0.717, 1.165) is 23.8 Å². The Balaban J connectivity index is 1.58. The first kappa shape index (κ1) is 19.2. The molecule has 0 fully saturated rings. The first-order valence-electron chi connectivity index (χ1n) is 9.17. The lowest BCUT2D eigenvalue weighted by Gasteiger charge is -2.25. The van der Waals surface area contributed by atoms with Gasteiger partial charge < -0.3 is 15.1 Å². The molecule has 1 aromatic heterocycles. The fraction of sp³-hybridized carbons (Fsp3) is 0.238. The van der Waals surface area contributed by atoms with Crippen molar-refractivity contribution in [3.05, 3.63) is 76.4 Å². The van der Waals surface area contributed by atoms with Gasteiger partial charge in [-0.05, 0) is 42.8 Å². The van der Waals surface area contributed by atoms with Crippen LogP contribution in [0.5, 0.6) is 0 Å². The maximum atomic E-state index is 14.2. The minimum atomic E-state index is -0.735. The van der Waals surface area contributed by atoms with E-state index in [1.165, 1.54) is 17.0 Å². The molecule has 0 aliphatic carbocycles. The molecule has 150 valence electrons. The minimum absolute atomic E-state index is 0.0182. The number of nitrogens with zero attached hydrogens (tertiary/aromatic N) is 2. The van der Waals surface area contributed by atoms with Crippen molar-refractivity contribution in [3.8, 4) is 11.5 Å². The number of carbonyl (C=O) groups is 1. The predicted molar refractivity (Wildman–Crippen MR) is 99.5 cm³/mol. The number of aromatic nitrogens is 1. The maximum absolute atomic E-state index is 14.2. The third-order valence-corrected chi connectivity index (χ3v) is 4.82. The van der Waals surface area contributed by atoms with Gasteiger partial charge in [0.05, 0.1) is 12.1 Å². The van der Waals surface area contributed by atoms with Crippen LogP contribution in [0.3, 0.4) is 0 Å². The van der Waals surface area contributed by atoms with Crippen molar-refractivity contribution in [2.45, 2.75) is 19.4 Å². The molecule has 0 saturated carbocycles. The fourth-order valence-electron chi connectivity index (χ4n) is 3.40. The lowest BCUT2D eigenvalue weighted by atomic mass is 10.1. The van der Waals surface area contributed by atoms with Gasteiger partial charge in [-0.3, -0.25) is 4.79 Å². The topological polar surface area (TPSA) is 72.4 Å². The number of halogens is 3. The molecule has 0 spiro atoms. The average molecular weight is 401 g/mol. The van der Waals surface area contributed by atoms with Crippen LogP contribution < -0.4 is 5.73 Å². The molecule has 5 nitrogen and oxygen atoms in total. The first-order chi connectivity index (χ1) is 13.9. The third kappa shape index (κ3) is 3.88. The zero-order chi connectivity index (χ0) is 20.5. The highest BCUT2D eigenvalue weighted by Crippen LogP contribution is 2.28. The normalized spacial score (nSPS) is 13.4. The highest BCUT2D eigenvalue weighted by atomic mass is 19.1. The van der Waals surface area contributed by atoms with Crippen LogP contribution in [0.2, 0.25) is 0 Å². The van der Waals surface area contributed by atoms with E-state index in [-0.39, 0.29) is 23.6 Å². The van der Waals surface area contributed by atoms with Crippen molar-refractivity contribution >= 4 is 5.91 Å². The van der Waals surface area contributed by atoms with E-state index >= 15 is 0 Å². The van der Waals surface area contributed by atoms with Crippen LogP contribution in [0.25, 0.3) is 11.5 Å². The molecule has 2 aromatic carbocycles. The second kappa shape index (κ2) is 7.71. The lowest BCUT2D eigenvalue weighted by Crippen LogP contribution is -2.36. The molecule has 0 unspecified atom stereocenters. The van der Waals surface area contributed by atoms with Crippen LogP contribution in [-0.2, 0) is 19.4 Å². The van der Waals surface area contributed by atoms with E-state index in [0.29, 0.717) is 37.4 Å². The van der Waals surface area contributed by atoms with Gasteiger partial charge in [0.1, 0.15) is 28.9 Å². The number of nitrogens with two attached hydrogens (primary N) is 1. The van der Waals surface area contributed by atoms with Gasteiger partial charge in [0.2, 0.25) is 5.89 Å². The number of carbonyl (C=O) groups excluding carboxylic acids is 1. The number of hydrogen-bond donors (Lipinski definition) is 1. The molecule has 0 radical (unpaired) electrons. The summed E-state index contributed by atoms with van der Waals surface area (Å²) in [7, 11) is 0. The van der Waals surface area contributed by atoms with Crippen molar-refractivity contribution in [2.24, 2.45) is 5.73 Å². The Morgan fingerprint density at radius 3 is 2.62 bits per heavy atom. The molecule has 3 aromatic rings. The van der Waals surface area contributed by atoms with Gasteiger partial charge in [-0.2, -0.15) is 0 Å². The van der Waals surface area contributed by atoms with E-state index in [4.69, 9.17) is 10.2 Å². The number of benzene rings is 2. The molecule has 1 aliphatic heterocycles. The molecule has 29 heavy (non-hydrogen) atoms. The second-order valence-electron chi connectivity index (χ2n) is 6.88. The third-order valence-electron chi connectivity index (χ3n) is 4.82. The molecule has 4 rings (SSSR count). The van der Waals surface area contributed by atoms with E-state index in [2.05, 4.69) is 4.98 Å². The van der Waals surface area contributed by atoms with Gasteiger partial charge in [0.15, 0.2) is 0 Å². The first-order valence-corrected chi connectivity index (χ1v) is 9.17. The Morgan fingerprint density at radius 1 is 1.14 bits per heavy atom. The molecular weight excluding hydrogens is 383 g/mol. The summed E-state index contributed by atoms with van der Waals surface area (Å²) in [6.07, 6.45) is 0.914. The Labute approximate surface area is 165 Å². The van der Waals surface area contributed by atoms with Crippen LogP contribution >= 0.6 is 0 Å². The van der Waals surface area contributed by atoms with Crippen LogP contribution in [0.4, 0.5) is 13.2 Å². The van der Waals surface area contributed by atoms with Crippen LogP contribution in [0.15, 0.2) is 40.8 Å². The van der Waals surface area contributed by atoms with Gasteiger partial charge >= 0.3 is 0 Å². The molecule has 0 saturated heterocycles. The highest BCUT2D eigenvalue weighted by molar-refractivity contribution is 5.94. The summed E-state index contributed by atoms with van der Waals surface area (Å²) < 4.78 is 46.8. The molecular formula is C21H18F3N3O2. The molecule has 2 heterocycles. The summed E-state index contributed by atoms with van der Waals surface area (Å²) in [6, 6.07) is 7.41. The molecule has 1 amide bonds. The van der Waals surface area contributed by atoms with Crippen molar-refractivity contribution < 1.29 is 22.4 Å². The van der Waals surface area contributed by atoms with Crippen molar-refractivity contribution in [1.29, 1.82) is 0 Å². The summed E-state index contributed by atoms with van der Waals surface area (Å²) in [4.78, 5) is 18.6. The Bertz CT molecular complexity index is 1060. The predicted octanol–water partition coefficient (Wildman–Crippen LogP) is 3.46. The van der Waals surface area contributed by atoms with E-state index in [9.17, 15) is 18.0 Å². The molecule has 0 atom stereocenters. The molecule has 1 aliphatic rings. The summed E-state index contributed by atoms with van der Waals surface area (Å²) in [5, 5.41) is 0. The SMILES string of the molecule is NCCc1ccc(F)c(C(=O)N2CCc3oc(-c4cc(F)cc(F)c4)nc3C2)c1. The lowest BCUT2D eigenvalue weighted by molar-refractivity contribution is 0.0723. The van der Waals surface area contributed by atoms with Crippen molar-refractivity contribution in [3.63, 3.8) is 0 Å². The Morgan fingerprint density at radius 2 is 1.90 bits per heavy atom. The molecule has 0 bridgehead atoms. The van der Waals surface area contributed by atoms with E-state index in [1.54, 1.807) is 6.07 Å². The monoisotopic (exact) mass is 401 g/mol. The van der Waals surface area contributed by atoms with Crippen molar-refractivity contribution in [1.82, 2.24) is 9.88 Å². The Hall–Kier alpha value is -3.13. The van der Waals surface area contributed by atoms with Gasteiger partial charge in [-0.25, -0.2) is 18.2 Å². The Kier molecular flexibility index (Phi) is 5.10. The minimum Gasteiger partial charge on any atom is -0.441 e. The summed E-state index contributed by atoms with van der Waals surface area (Å²) in [5.74, 6) is -1.89. The van der Waals surface area contributed by atoms with Crippen LogP contribution in [-0.4, -0.2) is 28.9 Å². The largest absolute Gasteiger partial charge is 0.441 e. The number of fused-ring (bicyclic) bond motifs is 1. The molecule has 2 N–H and O–H groups in total. The van der Waals surface area contributed by atoms with Crippen molar-refractivity contribution in [2.75, 3.05) is 13.1 Å². The van der Waals surface area contributed by atoms with Gasteiger partial charge in [0, 0.05) is 24.6 Å². The van der Waals surface area contributed by atoms with Gasteiger partial charge in [-0.1, -0.05) is 6.07 Å². The number of hydrogen-bond acceptors (Lipinski definition) is 4. The van der Waals surface area contributed by atoms with E-state index in [1.807, 2.05) is 0 Å². The standard InChI is InChI=1S/C21H18F3N3O2/c22-14-8-13(9-15(23)10-14)20-26-18-11-27(6-4-19(18)29-20)21(28)16-7-12(3-5-25)1-2-17(16)24/h1-2,7-10H,3-6,11,25H2. The smallest absolute Gasteiger partial charge is 0.257 e. The number of oxazole rings is 1. The summed E-state index contributed by atoms with van der Waals surface area (Å²) in [6.45, 7) is 0.837. The average Bonchev–Trinajstić information content (AvgIpc) is 3.12. The van der Waals surface area contributed by atoms with E-state index < -0.39 is 23.4 Å². The quantitative estimate of drug-likeness (QED) is 0.727. The van der Waals surface area contributed by atoms with Gasteiger partial charge in [0.25, 0.3) is 5.91 Å².